The van der Waals surface area contributed by atoms with E-state index in [9.17, 15) is 5.26 Å². The minimum absolute atomic E-state index is 0.454. The smallest absolute Gasteiger partial charge is 0.162 e. The molecule has 0 radical (unpaired) electrons. The van der Waals surface area contributed by atoms with Crippen molar-refractivity contribution in [1.82, 2.24) is 19.3 Å². The molecule has 2 aromatic heterocycles. The van der Waals surface area contributed by atoms with Crippen molar-refractivity contribution < 1.29 is 9.47 Å². The Morgan fingerprint density at radius 3 is 2.54 bits per heavy atom. The summed E-state index contributed by atoms with van der Waals surface area (Å²) in [4.78, 5) is 4.71. The number of hydrogen-bond donors (Lipinski definition) is 0. The van der Waals surface area contributed by atoms with E-state index in [1.54, 1.807) is 0 Å². The first kappa shape index (κ1) is 20.8. The number of nitrogens with zero attached hydrogens (tertiary/aromatic N) is 5. The molecule has 0 bridgehead atoms. The van der Waals surface area contributed by atoms with Crippen molar-refractivity contribution >= 4 is 22.7 Å². The van der Waals surface area contributed by atoms with Crippen LogP contribution in [0.25, 0.3) is 39.6 Å². The van der Waals surface area contributed by atoms with Crippen LogP contribution in [-0.4, -0.2) is 32.5 Å². The van der Waals surface area contributed by atoms with Crippen molar-refractivity contribution in [2.45, 2.75) is 0 Å². The number of aryl methyl sites for hydroxylation is 1. The van der Waals surface area contributed by atoms with Crippen molar-refractivity contribution in [1.29, 1.82) is 5.26 Å². The van der Waals surface area contributed by atoms with Crippen LogP contribution in [0.4, 0.5) is 0 Å². The molecule has 3 heterocycles. The van der Waals surface area contributed by atoms with Crippen LogP contribution in [0.3, 0.4) is 0 Å². The first-order valence-corrected chi connectivity index (χ1v) is 11.3. The fourth-order valence-corrected chi connectivity index (χ4v) is 4.31. The maximum absolute atomic E-state index is 10.1. The number of allylic oxidation sites excluding steroid dienone is 1. The number of benzene rings is 3. The highest BCUT2D eigenvalue weighted by molar-refractivity contribution is 5.93. The average Bonchev–Trinajstić information content (AvgIpc) is 3.49. The summed E-state index contributed by atoms with van der Waals surface area (Å²) in [6, 6.07) is 25.9. The Kier molecular flexibility index (Phi) is 5.04. The lowest BCUT2D eigenvalue weighted by molar-refractivity contribution is 0.171. The Bertz CT molecular complexity index is 1620. The molecular formula is C28H21N5O2. The summed E-state index contributed by atoms with van der Waals surface area (Å²) < 4.78 is 15.2. The number of aromatic nitrogens is 4. The van der Waals surface area contributed by atoms with Gasteiger partial charge in [0.15, 0.2) is 17.3 Å². The molecule has 5 aromatic rings. The molecule has 6 rings (SSSR count). The fraction of sp³-hybridized carbons (Fsp3) is 0.107. The van der Waals surface area contributed by atoms with Gasteiger partial charge in [0.25, 0.3) is 0 Å². The first-order chi connectivity index (χ1) is 17.2. The van der Waals surface area contributed by atoms with Crippen molar-refractivity contribution in [3.8, 4) is 34.5 Å². The Morgan fingerprint density at radius 2 is 1.74 bits per heavy atom. The standard InChI is InChI=1S/C28H21N5O2/c1-32-24-10-6-5-9-23(24)30-28(32)20(17-29)15-21-18-33(22-7-3-2-4-8-22)31-27(21)19-11-12-25-26(16-19)35-14-13-34-25/h2-12,15-16,18H,13-14H2,1H3/b20-15-. The minimum Gasteiger partial charge on any atom is -0.486 e. The maximum atomic E-state index is 10.1. The van der Waals surface area contributed by atoms with Gasteiger partial charge in [0, 0.05) is 24.4 Å². The topological polar surface area (TPSA) is 77.9 Å². The molecule has 0 atom stereocenters. The first-order valence-electron chi connectivity index (χ1n) is 11.3. The highest BCUT2D eigenvalue weighted by atomic mass is 16.6. The Balaban J connectivity index is 1.52. The molecule has 1 aliphatic heterocycles. The van der Waals surface area contributed by atoms with Crippen molar-refractivity contribution in [3.63, 3.8) is 0 Å². The molecule has 0 saturated carbocycles. The zero-order valence-corrected chi connectivity index (χ0v) is 19.0. The lowest BCUT2D eigenvalue weighted by atomic mass is 10.0. The number of nitriles is 1. The zero-order valence-electron chi connectivity index (χ0n) is 19.0. The second-order valence-electron chi connectivity index (χ2n) is 8.22. The van der Waals surface area contributed by atoms with E-state index in [2.05, 4.69) is 6.07 Å². The monoisotopic (exact) mass is 459 g/mol. The molecule has 170 valence electrons. The molecule has 0 aliphatic carbocycles. The van der Waals surface area contributed by atoms with Crippen LogP contribution >= 0.6 is 0 Å². The van der Waals surface area contributed by atoms with E-state index < -0.39 is 0 Å². The van der Waals surface area contributed by atoms with Gasteiger partial charge in [0.1, 0.15) is 25.0 Å². The van der Waals surface area contributed by atoms with E-state index in [0.29, 0.717) is 30.4 Å². The molecule has 1 aliphatic rings. The number of imidazole rings is 1. The van der Waals surface area contributed by atoms with Gasteiger partial charge in [0.2, 0.25) is 0 Å². The predicted octanol–water partition coefficient (Wildman–Crippen LogP) is 5.26. The lowest BCUT2D eigenvalue weighted by Crippen LogP contribution is -2.15. The quantitative estimate of drug-likeness (QED) is 0.343. The van der Waals surface area contributed by atoms with Crippen LogP contribution in [-0.2, 0) is 7.05 Å². The molecule has 7 nitrogen and oxygen atoms in total. The molecule has 35 heavy (non-hydrogen) atoms. The molecule has 0 saturated heterocycles. The highest BCUT2D eigenvalue weighted by Crippen LogP contribution is 2.36. The van der Waals surface area contributed by atoms with Gasteiger partial charge in [0.05, 0.1) is 22.3 Å². The van der Waals surface area contributed by atoms with Crippen LogP contribution in [0, 0.1) is 11.3 Å². The van der Waals surface area contributed by atoms with Crippen LogP contribution in [0.5, 0.6) is 11.5 Å². The summed E-state index contributed by atoms with van der Waals surface area (Å²) in [7, 11) is 1.92. The van der Waals surface area contributed by atoms with Gasteiger partial charge in [-0.05, 0) is 48.5 Å². The Labute approximate surface area is 202 Å². The Hall–Kier alpha value is -4.83. The maximum Gasteiger partial charge on any atom is 0.162 e. The summed E-state index contributed by atoms with van der Waals surface area (Å²) >= 11 is 0. The molecule has 0 spiro atoms. The molecule has 3 aromatic carbocycles. The summed E-state index contributed by atoms with van der Waals surface area (Å²) in [6.07, 6.45) is 3.78. The van der Waals surface area contributed by atoms with E-state index in [1.165, 1.54) is 0 Å². The van der Waals surface area contributed by atoms with Gasteiger partial charge in [-0.1, -0.05) is 30.3 Å². The zero-order chi connectivity index (χ0) is 23.8. The second kappa shape index (κ2) is 8.50. The van der Waals surface area contributed by atoms with Gasteiger partial charge in [-0.3, -0.25) is 0 Å². The van der Waals surface area contributed by atoms with Crippen LogP contribution in [0.15, 0.2) is 79.0 Å². The van der Waals surface area contributed by atoms with Gasteiger partial charge in [-0.25, -0.2) is 9.67 Å². The number of para-hydroxylation sites is 3. The third kappa shape index (κ3) is 3.71. The van der Waals surface area contributed by atoms with Crippen LogP contribution in [0.2, 0.25) is 0 Å². The summed E-state index contributed by atoms with van der Waals surface area (Å²) in [6.45, 7) is 1.04. The number of ether oxygens (including phenoxy) is 2. The molecule has 0 fully saturated rings. The SMILES string of the molecule is Cn1c(/C(C#N)=C\c2cn(-c3ccccc3)nc2-c2ccc3c(c2)OCCO3)nc2ccccc21. The molecule has 0 amide bonds. The molecule has 7 heteroatoms. The number of fused-ring (bicyclic) bond motifs is 2. The van der Waals surface area contributed by atoms with E-state index in [0.717, 1.165) is 39.3 Å². The minimum atomic E-state index is 0.454. The van der Waals surface area contributed by atoms with E-state index in [4.69, 9.17) is 19.6 Å². The number of hydrogen-bond acceptors (Lipinski definition) is 5. The average molecular weight is 460 g/mol. The van der Waals surface area contributed by atoms with Crippen molar-refractivity contribution in [2.75, 3.05) is 13.2 Å². The van der Waals surface area contributed by atoms with Crippen LogP contribution in [0.1, 0.15) is 11.4 Å². The fourth-order valence-electron chi connectivity index (χ4n) is 4.31. The molecule has 0 N–H and O–H groups in total. The third-order valence-corrected chi connectivity index (χ3v) is 6.03. The normalized spacial score (nSPS) is 13.1. The summed E-state index contributed by atoms with van der Waals surface area (Å²) in [5.41, 5.74) is 5.60. The second-order valence-corrected chi connectivity index (χ2v) is 8.22. The van der Waals surface area contributed by atoms with E-state index in [1.807, 2.05) is 101 Å². The van der Waals surface area contributed by atoms with E-state index >= 15 is 0 Å². The molecule has 0 unspecified atom stereocenters. The molecular weight excluding hydrogens is 438 g/mol. The van der Waals surface area contributed by atoms with Crippen LogP contribution < -0.4 is 9.47 Å². The predicted molar refractivity (Wildman–Crippen MR) is 134 cm³/mol. The van der Waals surface area contributed by atoms with Crippen molar-refractivity contribution in [3.05, 3.63) is 90.4 Å². The van der Waals surface area contributed by atoms with Gasteiger partial charge in [-0.15, -0.1) is 0 Å². The third-order valence-electron chi connectivity index (χ3n) is 6.03. The Morgan fingerprint density at radius 1 is 0.971 bits per heavy atom. The van der Waals surface area contributed by atoms with Crippen molar-refractivity contribution in [2.24, 2.45) is 7.05 Å². The van der Waals surface area contributed by atoms with Gasteiger partial charge >= 0.3 is 0 Å². The van der Waals surface area contributed by atoms with E-state index in [-0.39, 0.29) is 0 Å². The largest absolute Gasteiger partial charge is 0.486 e. The number of rotatable bonds is 4. The summed E-state index contributed by atoms with van der Waals surface area (Å²) in [5.74, 6) is 2.01. The van der Waals surface area contributed by atoms with Gasteiger partial charge in [-0.2, -0.15) is 10.4 Å². The van der Waals surface area contributed by atoms with Gasteiger partial charge < -0.3 is 14.0 Å². The lowest BCUT2D eigenvalue weighted by Gasteiger charge is -2.18. The highest BCUT2D eigenvalue weighted by Gasteiger charge is 2.18. The summed E-state index contributed by atoms with van der Waals surface area (Å²) in [5, 5.41) is 15.0.